The van der Waals surface area contributed by atoms with E-state index in [2.05, 4.69) is 27.2 Å². The number of rotatable bonds is 7. The van der Waals surface area contributed by atoms with Gasteiger partial charge in [0.1, 0.15) is 24.6 Å². The molecule has 28 heavy (non-hydrogen) atoms. The van der Waals surface area contributed by atoms with Crippen LogP contribution in [0.15, 0.2) is 12.7 Å². The predicted octanol–water partition coefficient (Wildman–Crippen LogP) is 1.21. The van der Waals surface area contributed by atoms with Gasteiger partial charge in [0.15, 0.2) is 23.2 Å². The van der Waals surface area contributed by atoms with Gasteiger partial charge in [-0.15, -0.1) is 0 Å². The summed E-state index contributed by atoms with van der Waals surface area (Å²) in [7, 11) is 0. The van der Waals surface area contributed by atoms with E-state index in [-0.39, 0.29) is 6.61 Å². The molecule has 1 aliphatic heterocycles. The average molecular weight is 391 g/mol. The molecule has 4 N–H and O–H groups in total. The van der Waals surface area contributed by atoms with E-state index >= 15 is 0 Å². The molecule has 0 spiro atoms. The van der Waals surface area contributed by atoms with Crippen LogP contribution in [0.3, 0.4) is 0 Å². The van der Waals surface area contributed by atoms with E-state index in [1.54, 1.807) is 4.57 Å². The first-order valence-electron chi connectivity index (χ1n) is 10.2. The summed E-state index contributed by atoms with van der Waals surface area (Å²) in [4.78, 5) is 13.2. The van der Waals surface area contributed by atoms with E-state index in [1.165, 1.54) is 38.3 Å². The van der Waals surface area contributed by atoms with E-state index in [0.29, 0.717) is 28.9 Å². The Morgan fingerprint density at radius 3 is 2.68 bits per heavy atom. The molecule has 4 rings (SSSR count). The van der Waals surface area contributed by atoms with Gasteiger partial charge >= 0.3 is 0 Å². The normalized spacial score (nSPS) is 29.6. The molecule has 1 aliphatic carbocycles. The van der Waals surface area contributed by atoms with Crippen molar-refractivity contribution >= 4 is 17.0 Å². The summed E-state index contributed by atoms with van der Waals surface area (Å²) in [6.07, 6.45) is 6.19. The molecular weight excluding hydrogens is 362 g/mol. The summed E-state index contributed by atoms with van der Waals surface area (Å²) < 4.78 is 7.21. The molecule has 1 saturated heterocycles. The van der Waals surface area contributed by atoms with Crippen LogP contribution in [0, 0.1) is 5.92 Å². The largest absolute Gasteiger partial charge is 0.394 e. The van der Waals surface area contributed by atoms with E-state index in [0.717, 1.165) is 12.8 Å². The molecule has 9 heteroatoms. The smallest absolute Gasteiger partial charge is 0.167 e. The third-order valence-electron chi connectivity index (χ3n) is 6.04. The number of aromatic nitrogens is 4. The van der Waals surface area contributed by atoms with Crippen molar-refractivity contribution < 1.29 is 20.1 Å². The monoisotopic (exact) mass is 391 g/mol. The number of fused-ring (bicyclic) bond motifs is 1. The third-order valence-corrected chi connectivity index (χ3v) is 6.04. The van der Waals surface area contributed by atoms with Crippen LogP contribution in [-0.4, -0.2) is 65.8 Å². The molecule has 0 radical (unpaired) electrons. The van der Waals surface area contributed by atoms with Gasteiger partial charge in [0, 0.05) is 6.04 Å². The molecule has 0 bridgehead atoms. The molecule has 2 aliphatic rings. The number of nitrogens with one attached hydrogen (secondary N) is 1. The summed E-state index contributed by atoms with van der Waals surface area (Å²) in [5.74, 6) is 1.33. The molecule has 9 nitrogen and oxygen atoms in total. The van der Waals surface area contributed by atoms with Crippen molar-refractivity contribution in [2.24, 2.45) is 5.92 Å². The minimum atomic E-state index is -1.17. The molecule has 3 heterocycles. The Kier molecular flexibility index (Phi) is 5.77. The topological polar surface area (TPSA) is 126 Å². The summed E-state index contributed by atoms with van der Waals surface area (Å²) in [5, 5.41) is 33.3. The Morgan fingerprint density at radius 1 is 1.21 bits per heavy atom. The molecule has 2 aromatic rings. The second-order valence-electron chi connectivity index (χ2n) is 7.86. The predicted molar refractivity (Wildman–Crippen MR) is 103 cm³/mol. The van der Waals surface area contributed by atoms with E-state index < -0.39 is 24.5 Å². The number of ether oxygens (including phenoxy) is 1. The second-order valence-corrected chi connectivity index (χ2v) is 7.86. The van der Waals surface area contributed by atoms with Crippen LogP contribution in [-0.2, 0) is 4.74 Å². The summed E-state index contributed by atoms with van der Waals surface area (Å²) in [5.41, 5.74) is 1.13. The third kappa shape index (κ3) is 3.47. The van der Waals surface area contributed by atoms with Crippen molar-refractivity contribution in [3.8, 4) is 0 Å². The molecular formula is C19H29N5O4. The van der Waals surface area contributed by atoms with Gasteiger partial charge in [-0.2, -0.15) is 0 Å². The second kappa shape index (κ2) is 8.28. The fourth-order valence-corrected chi connectivity index (χ4v) is 4.53. The summed E-state index contributed by atoms with van der Waals surface area (Å²) in [6.45, 7) is 1.82. The Hall–Kier alpha value is -1.81. The van der Waals surface area contributed by atoms with Gasteiger partial charge in [-0.1, -0.05) is 26.2 Å². The molecule has 2 aromatic heterocycles. The van der Waals surface area contributed by atoms with Crippen molar-refractivity contribution in [1.29, 1.82) is 0 Å². The summed E-state index contributed by atoms with van der Waals surface area (Å²) in [6, 6.07) is 0.352. The Balaban J connectivity index is 1.61. The highest BCUT2D eigenvalue weighted by atomic mass is 16.6. The Morgan fingerprint density at radius 2 is 2.00 bits per heavy atom. The van der Waals surface area contributed by atoms with Crippen LogP contribution in [0.25, 0.3) is 11.2 Å². The zero-order valence-corrected chi connectivity index (χ0v) is 16.1. The van der Waals surface area contributed by atoms with Gasteiger partial charge in [0.05, 0.1) is 12.9 Å². The quantitative estimate of drug-likeness (QED) is 0.555. The lowest BCUT2D eigenvalue weighted by Gasteiger charge is -2.25. The van der Waals surface area contributed by atoms with Gasteiger partial charge in [-0.05, 0) is 25.2 Å². The standard InChI is InChI=1S/C19H29N5O4/c1-2-5-12(11-6-3-4-7-11)23-17-14-18(21-9-20-17)24(10-22-14)19-16(27)15(26)13(8-25)28-19/h9-13,15-16,19,25-27H,2-8H2,1H3,(H,20,21,23)/t12?,13-,15-,16-,19-/m1/s1. The minimum absolute atomic E-state index is 0.352. The highest BCUT2D eigenvalue weighted by Crippen LogP contribution is 2.34. The fraction of sp³-hybridized carbons (Fsp3) is 0.737. The molecule has 1 saturated carbocycles. The van der Waals surface area contributed by atoms with Crippen LogP contribution >= 0.6 is 0 Å². The summed E-state index contributed by atoms with van der Waals surface area (Å²) >= 11 is 0. The molecule has 5 atom stereocenters. The van der Waals surface area contributed by atoms with Crippen molar-refractivity contribution in [3.05, 3.63) is 12.7 Å². The zero-order valence-electron chi connectivity index (χ0n) is 16.1. The molecule has 0 aromatic carbocycles. The minimum Gasteiger partial charge on any atom is -0.394 e. The first-order chi connectivity index (χ1) is 13.6. The van der Waals surface area contributed by atoms with Crippen molar-refractivity contribution in [2.45, 2.75) is 76.0 Å². The number of anilines is 1. The van der Waals surface area contributed by atoms with Gasteiger partial charge in [-0.25, -0.2) is 15.0 Å². The average Bonchev–Trinajstić information content (AvgIpc) is 3.43. The number of aliphatic hydroxyl groups is 3. The number of aliphatic hydroxyl groups excluding tert-OH is 3. The van der Waals surface area contributed by atoms with Crippen molar-refractivity contribution in [2.75, 3.05) is 11.9 Å². The highest BCUT2D eigenvalue weighted by molar-refractivity contribution is 5.82. The van der Waals surface area contributed by atoms with Crippen LogP contribution in [0.1, 0.15) is 51.7 Å². The Labute approximate surface area is 163 Å². The maximum absolute atomic E-state index is 10.3. The van der Waals surface area contributed by atoms with E-state index in [1.807, 2.05) is 0 Å². The maximum Gasteiger partial charge on any atom is 0.167 e. The lowest BCUT2D eigenvalue weighted by atomic mass is 9.94. The SMILES string of the molecule is CCCC(Nc1ncnc2c1ncn2[C@@H]1O[C@H](CO)[C@@H](O)[C@H]1O)C1CCCC1. The number of hydrogen-bond donors (Lipinski definition) is 4. The van der Waals surface area contributed by atoms with Crippen LogP contribution in [0.2, 0.25) is 0 Å². The van der Waals surface area contributed by atoms with Gasteiger partial charge in [0.2, 0.25) is 0 Å². The molecule has 0 amide bonds. The van der Waals surface area contributed by atoms with Crippen LogP contribution in [0.5, 0.6) is 0 Å². The lowest BCUT2D eigenvalue weighted by molar-refractivity contribution is -0.0511. The van der Waals surface area contributed by atoms with Gasteiger partial charge in [-0.3, -0.25) is 4.57 Å². The van der Waals surface area contributed by atoms with Gasteiger partial charge in [0.25, 0.3) is 0 Å². The molecule has 154 valence electrons. The van der Waals surface area contributed by atoms with Crippen molar-refractivity contribution in [3.63, 3.8) is 0 Å². The maximum atomic E-state index is 10.3. The number of imidazole rings is 1. The van der Waals surface area contributed by atoms with Crippen molar-refractivity contribution in [1.82, 2.24) is 19.5 Å². The highest BCUT2D eigenvalue weighted by Gasteiger charge is 2.44. The number of hydrogen-bond acceptors (Lipinski definition) is 8. The van der Waals surface area contributed by atoms with Crippen LogP contribution < -0.4 is 5.32 Å². The zero-order chi connectivity index (χ0) is 19.7. The van der Waals surface area contributed by atoms with E-state index in [4.69, 9.17) is 4.74 Å². The lowest BCUT2D eigenvalue weighted by Crippen LogP contribution is -2.33. The molecule has 1 unspecified atom stereocenters. The fourth-order valence-electron chi connectivity index (χ4n) is 4.53. The van der Waals surface area contributed by atoms with E-state index in [9.17, 15) is 15.3 Å². The van der Waals surface area contributed by atoms with Gasteiger partial charge < -0.3 is 25.4 Å². The van der Waals surface area contributed by atoms with Crippen LogP contribution in [0.4, 0.5) is 5.82 Å². The Bertz CT molecular complexity index is 794. The first-order valence-corrected chi connectivity index (χ1v) is 10.2. The first kappa shape index (κ1) is 19.5. The molecule has 2 fully saturated rings. The number of nitrogens with zero attached hydrogens (tertiary/aromatic N) is 4.